The summed E-state index contributed by atoms with van der Waals surface area (Å²) in [4.78, 5) is 24.2. The van der Waals surface area contributed by atoms with Gasteiger partial charge in [0.25, 0.3) is 5.91 Å². The van der Waals surface area contributed by atoms with Gasteiger partial charge in [0, 0.05) is 23.8 Å². The summed E-state index contributed by atoms with van der Waals surface area (Å²) in [6.45, 7) is 0.443. The van der Waals surface area contributed by atoms with Gasteiger partial charge in [0.1, 0.15) is 0 Å². The Morgan fingerprint density at radius 1 is 0.938 bits per heavy atom. The molecule has 0 bridgehead atoms. The third-order valence-corrected chi connectivity index (χ3v) is 5.06. The van der Waals surface area contributed by atoms with Crippen LogP contribution >= 0.6 is 0 Å². The number of hydrogen-bond acceptors (Lipinski definition) is 4. The Kier molecular flexibility index (Phi) is 5.40. The van der Waals surface area contributed by atoms with Crippen molar-refractivity contribution in [2.45, 2.75) is 6.54 Å². The van der Waals surface area contributed by atoms with Crippen LogP contribution in [0.4, 0.5) is 5.69 Å². The van der Waals surface area contributed by atoms with Crippen molar-refractivity contribution in [1.29, 1.82) is 10.5 Å². The molecule has 0 atom stereocenters. The van der Waals surface area contributed by atoms with Gasteiger partial charge < -0.3 is 15.0 Å². The molecule has 32 heavy (non-hydrogen) atoms. The number of aromatic carboxylic acids is 1. The van der Waals surface area contributed by atoms with Gasteiger partial charge in [0.15, 0.2) is 0 Å². The number of carboxylic acids is 1. The second-order valence-corrected chi connectivity index (χ2v) is 7.16. The zero-order valence-electron chi connectivity index (χ0n) is 16.7. The van der Waals surface area contributed by atoms with Gasteiger partial charge in [-0.15, -0.1) is 0 Å². The van der Waals surface area contributed by atoms with Crippen LogP contribution in [0.2, 0.25) is 0 Å². The maximum Gasteiger partial charge on any atom is 0.335 e. The van der Waals surface area contributed by atoms with Gasteiger partial charge in [-0.05, 0) is 48.0 Å². The first-order valence-corrected chi connectivity index (χ1v) is 9.65. The molecule has 0 aliphatic rings. The Morgan fingerprint density at radius 2 is 1.66 bits per heavy atom. The number of nitrogens with zero attached hydrogens (tertiary/aromatic N) is 3. The average Bonchev–Trinajstić information content (AvgIpc) is 3.17. The number of nitriles is 2. The van der Waals surface area contributed by atoms with Crippen molar-refractivity contribution in [3.63, 3.8) is 0 Å². The lowest BCUT2D eigenvalue weighted by molar-refractivity contribution is 0.0696. The number of amides is 1. The fourth-order valence-corrected chi connectivity index (χ4v) is 3.48. The second kappa shape index (κ2) is 8.47. The number of nitrogens with one attached hydrogen (secondary N) is 1. The molecular weight excluding hydrogens is 404 g/mol. The molecule has 0 saturated carbocycles. The largest absolute Gasteiger partial charge is 0.478 e. The zero-order chi connectivity index (χ0) is 22.7. The number of fused-ring (bicyclic) bond motifs is 1. The van der Waals surface area contributed by atoms with Crippen molar-refractivity contribution < 1.29 is 14.7 Å². The van der Waals surface area contributed by atoms with E-state index < -0.39 is 5.97 Å². The predicted octanol–water partition coefficient (Wildman–Crippen LogP) is 4.38. The summed E-state index contributed by atoms with van der Waals surface area (Å²) in [5.41, 5.74) is 3.53. The minimum absolute atomic E-state index is 0.0738. The van der Waals surface area contributed by atoms with Crippen LogP contribution in [0.1, 0.15) is 37.4 Å². The van der Waals surface area contributed by atoms with Crippen LogP contribution in [-0.2, 0) is 6.54 Å². The highest BCUT2D eigenvalue weighted by molar-refractivity contribution is 6.13. The van der Waals surface area contributed by atoms with Gasteiger partial charge in [-0.3, -0.25) is 4.79 Å². The van der Waals surface area contributed by atoms with E-state index in [0.29, 0.717) is 34.3 Å². The van der Waals surface area contributed by atoms with Crippen molar-refractivity contribution >= 4 is 28.5 Å². The summed E-state index contributed by atoms with van der Waals surface area (Å²) in [6.07, 6.45) is 1.71. The molecule has 2 N–H and O–H groups in total. The molecule has 3 aromatic carbocycles. The summed E-state index contributed by atoms with van der Waals surface area (Å²) < 4.78 is 1.88. The minimum atomic E-state index is -1.08. The lowest BCUT2D eigenvalue weighted by atomic mass is 10.1. The van der Waals surface area contributed by atoms with Crippen molar-refractivity contribution in [2.75, 3.05) is 5.32 Å². The minimum Gasteiger partial charge on any atom is -0.478 e. The molecule has 4 aromatic rings. The van der Waals surface area contributed by atoms with Crippen LogP contribution in [-0.4, -0.2) is 21.6 Å². The molecule has 7 nitrogen and oxygen atoms in total. The first kappa shape index (κ1) is 20.4. The van der Waals surface area contributed by atoms with E-state index in [-0.39, 0.29) is 11.5 Å². The van der Waals surface area contributed by atoms with E-state index >= 15 is 0 Å². The Bertz CT molecular complexity index is 1440. The van der Waals surface area contributed by atoms with Crippen LogP contribution in [0.25, 0.3) is 10.9 Å². The highest BCUT2D eigenvalue weighted by atomic mass is 16.4. The molecule has 0 fully saturated rings. The fourth-order valence-electron chi connectivity index (χ4n) is 3.48. The van der Waals surface area contributed by atoms with Gasteiger partial charge in [-0.1, -0.05) is 24.3 Å². The highest BCUT2D eigenvalue weighted by Crippen LogP contribution is 2.25. The first-order valence-electron chi connectivity index (χ1n) is 9.65. The van der Waals surface area contributed by atoms with E-state index in [1.165, 1.54) is 12.1 Å². The fraction of sp³-hybridized carbons (Fsp3) is 0.0400. The van der Waals surface area contributed by atoms with Crippen LogP contribution < -0.4 is 5.32 Å². The lowest BCUT2D eigenvalue weighted by Gasteiger charge is -2.06. The summed E-state index contributed by atoms with van der Waals surface area (Å²) >= 11 is 0. The number of rotatable bonds is 5. The number of anilines is 1. The number of benzene rings is 3. The van der Waals surface area contributed by atoms with Gasteiger partial charge in [0.2, 0.25) is 0 Å². The molecule has 7 heteroatoms. The molecular formula is C25H16N4O3. The number of aromatic nitrogens is 1. The van der Waals surface area contributed by atoms with E-state index in [4.69, 9.17) is 10.4 Å². The summed E-state index contributed by atoms with van der Waals surface area (Å²) in [7, 11) is 0. The molecule has 0 aliphatic carbocycles. The van der Waals surface area contributed by atoms with Gasteiger partial charge in [-0.2, -0.15) is 10.5 Å². The molecule has 1 heterocycles. The van der Waals surface area contributed by atoms with E-state index in [1.54, 1.807) is 48.7 Å². The highest BCUT2D eigenvalue weighted by Gasteiger charge is 2.17. The maximum atomic E-state index is 13.0. The number of carbonyl (C=O) groups is 2. The van der Waals surface area contributed by atoms with E-state index in [9.17, 15) is 14.9 Å². The molecule has 1 amide bonds. The molecule has 0 spiro atoms. The third kappa shape index (κ3) is 4.04. The second-order valence-electron chi connectivity index (χ2n) is 7.16. The van der Waals surface area contributed by atoms with Crippen LogP contribution in [0.5, 0.6) is 0 Å². The van der Waals surface area contributed by atoms with Crippen LogP contribution in [0, 0.1) is 22.7 Å². The van der Waals surface area contributed by atoms with Crippen molar-refractivity contribution in [3.05, 3.63) is 101 Å². The Balaban J connectivity index is 1.72. The van der Waals surface area contributed by atoms with Crippen LogP contribution in [0.3, 0.4) is 0 Å². The average molecular weight is 420 g/mol. The SMILES string of the molecule is N#Cc1ccc(Cn2cc(C(=O)Nc3cccc(C(=O)O)c3)c3ccc(C#N)cc32)cc1. The van der Waals surface area contributed by atoms with Crippen molar-refractivity contribution in [1.82, 2.24) is 4.57 Å². The lowest BCUT2D eigenvalue weighted by Crippen LogP contribution is -2.12. The Labute approximate surface area is 183 Å². The summed E-state index contributed by atoms with van der Waals surface area (Å²) in [6, 6.07) is 22.5. The predicted molar refractivity (Wildman–Crippen MR) is 118 cm³/mol. The quantitative estimate of drug-likeness (QED) is 0.496. The maximum absolute atomic E-state index is 13.0. The normalized spacial score (nSPS) is 10.3. The van der Waals surface area contributed by atoms with E-state index in [1.807, 2.05) is 16.7 Å². The van der Waals surface area contributed by atoms with E-state index in [0.717, 1.165) is 11.1 Å². The number of hydrogen-bond donors (Lipinski definition) is 2. The van der Waals surface area contributed by atoms with Crippen molar-refractivity contribution in [2.24, 2.45) is 0 Å². The first-order chi connectivity index (χ1) is 15.5. The molecule has 0 radical (unpaired) electrons. The molecule has 1 aromatic heterocycles. The Hall–Kier alpha value is -4.88. The molecule has 0 aliphatic heterocycles. The van der Waals surface area contributed by atoms with Gasteiger partial charge in [0.05, 0.1) is 39.9 Å². The third-order valence-electron chi connectivity index (χ3n) is 5.06. The summed E-state index contributed by atoms with van der Waals surface area (Å²) in [5.74, 6) is -1.47. The number of carbonyl (C=O) groups excluding carboxylic acids is 1. The molecule has 0 unspecified atom stereocenters. The number of carboxylic acid groups (broad SMARTS) is 1. The monoisotopic (exact) mass is 420 g/mol. The molecule has 154 valence electrons. The molecule has 4 rings (SSSR count). The van der Waals surface area contributed by atoms with Crippen LogP contribution in [0.15, 0.2) is 72.9 Å². The van der Waals surface area contributed by atoms with Gasteiger partial charge >= 0.3 is 5.97 Å². The topological polar surface area (TPSA) is 119 Å². The zero-order valence-corrected chi connectivity index (χ0v) is 16.7. The Morgan fingerprint density at radius 3 is 2.34 bits per heavy atom. The van der Waals surface area contributed by atoms with Crippen molar-refractivity contribution in [3.8, 4) is 12.1 Å². The standard InChI is InChI=1S/C25H16N4O3/c26-12-16-4-6-17(7-5-16)14-29-15-22(21-9-8-18(13-27)10-23(21)29)24(30)28-20-3-1-2-19(11-20)25(31)32/h1-11,15H,14H2,(H,28,30)(H,31,32). The van der Waals surface area contributed by atoms with E-state index in [2.05, 4.69) is 17.5 Å². The summed E-state index contributed by atoms with van der Waals surface area (Å²) in [5, 5.41) is 30.9. The molecule has 0 saturated heterocycles. The van der Waals surface area contributed by atoms with Gasteiger partial charge in [-0.25, -0.2) is 4.79 Å². The smallest absolute Gasteiger partial charge is 0.335 e.